The van der Waals surface area contributed by atoms with Crippen LogP contribution in [0, 0.1) is 0 Å². The molecule has 0 radical (unpaired) electrons. The highest BCUT2D eigenvalue weighted by molar-refractivity contribution is 6.04. The Hall–Kier alpha value is -2.80. The fraction of sp³-hybridized carbons (Fsp3) is 0.536. The maximum absolute atomic E-state index is 14.1. The van der Waals surface area contributed by atoms with Gasteiger partial charge in [-0.3, -0.25) is 19.5 Å². The first-order valence-corrected chi connectivity index (χ1v) is 12.8. The van der Waals surface area contributed by atoms with Gasteiger partial charge >= 0.3 is 0 Å². The van der Waals surface area contributed by atoms with Crippen LogP contribution < -0.4 is 15.5 Å². The van der Waals surface area contributed by atoms with Gasteiger partial charge in [0.05, 0.1) is 6.04 Å². The molecule has 0 spiro atoms. The second kappa shape index (κ2) is 10.9. The van der Waals surface area contributed by atoms with E-state index >= 15 is 0 Å². The van der Waals surface area contributed by atoms with E-state index in [1.165, 1.54) is 11.3 Å². The van der Waals surface area contributed by atoms with Crippen LogP contribution in [0.5, 0.6) is 0 Å². The molecule has 0 bridgehead atoms. The monoisotopic (exact) mass is 480 g/mol. The lowest BCUT2D eigenvalue weighted by Gasteiger charge is -2.35. The zero-order valence-electron chi connectivity index (χ0n) is 21.0. The van der Waals surface area contributed by atoms with Gasteiger partial charge in [-0.05, 0) is 42.0 Å². The Labute approximate surface area is 207 Å². The predicted molar refractivity (Wildman–Crippen MR) is 136 cm³/mol. The van der Waals surface area contributed by atoms with E-state index in [0.29, 0.717) is 11.3 Å². The molecule has 4 rings (SSSR count). The van der Waals surface area contributed by atoms with Gasteiger partial charge in [-0.1, -0.05) is 58.2 Å². The number of carbonyl (C=O) groups excluding carboxylic acids is 2. The summed E-state index contributed by atoms with van der Waals surface area (Å²) in [6.07, 6.45) is 7.53. The fourth-order valence-electron chi connectivity index (χ4n) is 5.06. The number of aromatic nitrogens is 1. The molecule has 1 aromatic heterocycles. The van der Waals surface area contributed by atoms with E-state index in [9.17, 15) is 14.0 Å². The lowest BCUT2D eigenvalue weighted by molar-refractivity contribution is -0.128. The summed E-state index contributed by atoms with van der Waals surface area (Å²) >= 11 is 0. The van der Waals surface area contributed by atoms with Crippen molar-refractivity contribution in [1.82, 2.24) is 15.6 Å². The molecular formula is C28H37FN4O2. The lowest BCUT2D eigenvalue weighted by Crippen LogP contribution is -2.51. The molecule has 2 aromatic rings. The third-order valence-corrected chi connectivity index (χ3v) is 7.08. The van der Waals surface area contributed by atoms with Crippen LogP contribution in [0.3, 0.4) is 0 Å². The number of halogens is 1. The van der Waals surface area contributed by atoms with E-state index in [0.717, 1.165) is 31.2 Å². The molecule has 2 N–H and O–H groups in total. The van der Waals surface area contributed by atoms with Gasteiger partial charge in [-0.25, -0.2) is 4.39 Å². The van der Waals surface area contributed by atoms with Crippen molar-refractivity contribution in [3.05, 3.63) is 59.9 Å². The van der Waals surface area contributed by atoms with Gasteiger partial charge in [0.25, 0.3) is 0 Å². The Morgan fingerprint density at radius 1 is 1.11 bits per heavy atom. The van der Waals surface area contributed by atoms with Gasteiger partial charge in [0, 0.05) is 42.7 Å². The minimum Gasteiger partial charge on any atom is -0.351 e. The summed E-state index contributed by atoms with van der Waals surface area (Å²) in [5.41, 5.74) is 2.31. The van der Waals surface area contributed by atoms with Gasteiger partial charge in [0.15, 0.2) is 0 Å². The standard InChI is InChI=1S/C28H37FN4O2/c1-28(2,3)20-11-13-23(14-12-20)33(27(35)24-16-21(29)18-31-24)25(19-8-7-15-30-17-19)26(34)32-22-9-5-4-6-10-22/h7-8,11-15,17,21-22,24-25,31H,4-6,9-10,16,18H2,1-3H3,(H,32,34)/t21-,24-,25?/m1/s1. The number of hydrogen-bond donors (Lipinski definition) is 2. The maximum atomic E-state index is 14.1. The first-order chi connectivity index (χ1) is 16.7. The number of hydrogen-bond acceptors (Lipinski definition) is 4. The molecule has 6 nitrogen and oxygen atoms in total. The van der Waals surface area contributed by atoms with E-state index in [1.54, 1.807) is 18.5 Å². The number of benzene rings is 1. The van der Waals surface area contributed by atoms with Crippen molar-refractivity contribution >= 4 is 17.5 Å². The van der Waals surface area contributed by atoms with Crippen LogP contribution in [0.15, 0.2) is 48.8 Å². The van der Waals surface area contributed by atoms with Crippen LogP contribution in [0.4, 0.5) is 10.1 Å². The first-order valence-electron chi connectivity index (χ1n) is 12.8. The van der Waals surface area contributed by atoms with E-state index in [-0.39, 0.29) is 36.2 Å². The van der Waals surface area contributed by atoms with Crippen LogP contribution in [-0.4, -0.2) is 41.6 Å². The topological polar surface area (TPSA) is 74.3 Å². The van der Waals surface area contributed by atoms with Crippen LogP contribution >= 0.6 is 0 Å². The highest BCUT2D eigenvalue weighted by Crippen LogP contribution is 2.32. The van der Waals surface area contributed by atoms with Crippen molar-refractivity contribution in [2.45, 2.75) is 89.0 Å². The van der Waals surface area contributed by atoms with Crippen molar-refractivity contribution in [3.8, 4) is 0 Å². The Bertz CT molecular complexity index is 1000. The van der Waals surface area contributed by atoms with E-state index in [1.807, 2.05) is 30.3 Å². The van der Waals surface area contributed by atoms with Crippen molar-refractivity contribution < 1.29 is 14.0 Å². The molecule has 1 aromatic carbocycles. The number of rotatable bonds is 6. The number of amides is 2. The number of anilines is 1. The van der Waals surface area contributed by atoms with Crippen molar-refractivity contribution in [2.75, 3.05) is 11.4 Å². The Kier molecular flexibility index (Phi) is 7.85. The normalized spacial score (nSPS) is 21.9. The Morgan fingerprint density at radius 3 is 2.40 bits per heavy atom. The van der Waals surface area contributed by atoms with Gasteiger partial charge in [-0.15, -0.1) is 0 Å². The summed E-state index contributed by atoms with van der Waals surface area (Å²) in [6, 6.07) is 9.86. The second-order valence-corrected chi connectivity index (χ2v) is 10.8. The van der Waals surface area contributed by atoms with Gasteiger partial charge in [0.2, 0.25) is 11.8 Å². The SMILES string of the molecule is CC(C)(C)c1ccc(N(C(=O)[C@H]2C[C@@H](F)CN2)C(C(=O)NC2CCCCC2)c2cccnc2)cc1. The highest BCUT2D eigenvalue weighted by atomic mass is 19.1. The third kappa shape index (κ3) is 6.07. The molecule has 1 aliphatic carbocycles. The molecule has 2 heterocycles. The highest BCUT2D eigenvalue weighted by Gasteiger charge is 2.40. The zero-order valence-corrected chi connectivity index (χ0v) is 21.0. The van der Waals surface area contributed by atoms with Crippen LogP contribution in [0.25, 0.3) is 0 Å². The number of nitrogens with zero attached hydrogens (tertiary/aromatic N) is 2. The molecular weight excluding hydrogens is 443 g/mol. The Morgan fingerprint density at radius 2 is 1.83 bits per heavy atom. The quantitative estimate of drug-likeness (QED) is 0.634. The van der Waals surface area contributed by atoms with Gasteiger partial charge in [-0.2, -0.15) is 0 Å². The molecule has 2 fully saturated rings. The second-order valence-electron chi connectivity index (χ2n) is 10.8. The molecule has 3 atom stereocenters. The van der Waals surface area contributed by atoms with E-state index < -0.39 is 18.3 Å². The summed E-state index contributed by atoms with van der Waals surface area (Å²) in [4.78, 5) is 33.5. The van der Waals surface area contributed by atoms with Crippen LogP contribution in [-0.2, 0) is 15.0 Å². The van der Waals surface area contributed by atoms with E-state index in [4.69, 9.17) is 0 Å². The van der Waals surface area contributed by atoms with Gasteiger partial charge < -0.3 is 10.6 Å². The average molecular weight is 481 g/mol. The largest absolute Gasteiger partial charge is 0.351 e. The summed E-state index contributed by atoms with van der Waals surface area (Å²) < 4.78 is 14.1. The smallest absolute Gasteiger partial charge is 0.248 e. The lowest BCUT2D eigenvalue weighted by atomic mass is 9.87. The summed E-state index contributed by atoms with van der Waals surface area (Å²) in [7, 11) is 0. The molecule has 1 aliphatic heterocycles. The molecule has 1 saturated heterocycles. The summed E-state index contributed by atoms with van der Waals surface area (Å²) in [6.45, 7) is 6.53. The summed E-state index contributed by atoms with van der Waals surface area (Å²) in [5.74, 6) is -0.533. The first kappa shape index (κ1) is 25.3. The minimum atomic E-state index is -1.08. The number of nitrogens with one attached hydrogen (secondary N) is 2. The van der Waals surface area contributed by atoms with Crippen molar-refractivity contribution in [1.29, 1.82) is 0 Å². The number of alkyl halides is 1. The molecule has 188 valence electrons. The molecule has 1 unspecified atom stereocenters. The predicted octanol–water partition coefficient (Wildman–Crippen LogP) is 4.60. The van der Waals surface area contributed by atoms with Crippen LogP contribution in [0.2, 0.25) is 0 Å². The molecule has 2 amide bonds. The number of pyridine rings is 1. The Balaban J connectivity index is 1.74. The maximum Gasteiger partial charge on any atom is 0.248 e. The van der Waals surface area contributed by atoms with Crippen LogP contribution in [0.1, 0.15) is 76.5 Å². The van der Waals surface area contributed by atoms with Crippen molar-refractivity contribution in [2.24, 2.45) is 0 Å². The molecule has 35 heavy (non-hydrogen) atoms. The molecule has 1 saturated carbocycles. The van der Waals surface area contributed by atoms with Crippen molar-refractivity contribution in [3.63, 3.8) is 0 Å². The minimum absolute atomic E-state index is 0.0526. The number of carbonyl (C=O) groups is 2. The summed E-state index contributed by atoms with van der Waals surface area (Å²) in [5, 5.41) is 6.21. The average Bonchev–Trinajstić information content (AvgIpc) is 3.29. The fourth-order valence-corrected chi connectivity index (χ4v) is 5.06. The van der Waals surface area contributed by atoms with E-state index in [2.05, 4.69) is 36.4 Å². The van der Waals surface area contributed by atoms with Gasteiger partial charge in [0.1, 0.15) is 12.2 Å². The molecule has 7 heteroatoms. The third-order valence-electron chi connectivity index (χ3n) is 7.08. The molecule has 2 aliphatic rings. The zero-order chi connectivity index (χ0) is 25.0.